The SMILES string of the molecule is O=C(Cc1cccc(C(F)(F)F)c1)N1CCS[C@@H](c2cc(F)ccc2F)CC1. The Balaban J connectivity index is 1.65. The number of halogens is 5. The van der Waals surface area contributed by atoms with Gasteiger partial charge in [-0.3, -0.25) is 4.79 Å². The molecule has 1 aliphatic rings. The molecule has 1 amide bonds. The molecule has 0 aromatic heterocycles. The first-order valence-corrected chi connectivity index (χ1v) is 9.79. The summed E-state index contributed by atoms with van der Waals surface area (Å²) < 4.78 is 65.9. The standard InChI is InChI=1S/C20H18F5NOS/c21-15-4-5-17(22)16(12-15)18-6-7-26(8-9-28-18)19(27)11-13-2-1-3-14(10-13)20(23,24)25/h1-5,10,12,18H,6-9,11H2/t18-/m1/s1. The second-order valence-corrected chi connectivity index (χ2v) is 7.88. The quantitative estimate of drug-likeness (QED) is 0.640. The van der Waals surface area contributed by atoms with E-state index in [1.807, 2.05) is 0 Å². The fraction of sp³-hybridized carbons (Fsp3) is 0.350. The maximum atomic E-state index is 14.0. The van der Waals surface area contributed by atoms with Crippen molar-refractivity contribution in [3.05, 3.63) is 70.8 Å². The lowest BCUT2D eigenvalue weighted by atomic mass is 10.1. The number of thioether (sulfide) groups is 1. The van der Waals surface area contributed by atoms with E-state index in [0.29, 0.717) is 30.8 Å². The molecule has 1 saturated heterocycles. The molecule has 1 heterocycles. The van der Waals surface area contributed by atoms with Gasteiger partial charge in [-0.05, 0) is 36.2 Å². The third-order valence-corrected chi connectivity index (χ3v) is 5.92. The van der Waals surface area contributed by atoms with E-state index >= 15 is 0 Å². The van der Waals surface area contributed by atoms with E-state index in [1.165, 1.54) is 30.0 Å². The van der Waals surface area contributed by atoms with Crippen LogP contribution in [0.4, 0.5) is 22.0 Å². The number of benzene rings is 2. The zero-order valence-corrected chi connectivity index (χ0v) is 15.6. The van der Waals surface area contributed by atoms with Gasteiger partial charge < -0.3 is 4.90 Å². The largest absolute Gasteiger partial charge is 0.416 e. The summed E-state index contributed by atoms with van der Waals surface area (Å²) in [4.78, 5) is 14.1. The van der Waals surface area contributed by atoms with Crippen molar-refractivity contribution in [2.75, 3.05) is 18.8 Å². The predicted molar refractivity (Wildman–Crippen MR) is 97.9 cm³/mol. The maximum Gasteiger partial charge on any atom is 0.416 e. The van der Waals surface area contributed by atoms with E-state index in [1.54, 1.807) is 4.90 Å². The van der Waals surface area contributed by atoms with Crippen LogP contribution in [0.5, 0.6) is 0 Å². The molecule has 0 bridgehead atoms. The molecule has 1 atom stereocenters. The number of carbonyl (C=O) groups excluding carboxylic acids is 1. The summed E-state index contributed by atoms with van der Waals surface area (Å²) in [6.45, 7) is 0.751. The second kappa shape index (κ2) is 8.51. The smallest absolute Gasteiger partial charge is 0.342 e. The van der Waals surface area contributed by atoms with Gasteiger partial charge in [0, 0.05) is 29.7 Å². The number of nitrogens with zero attached hydrogens (tertiary/aromatic N) is 1. The molecule has 0 spiro atoms. The predicted octanol–water partition coefficient (Wildman–Crippen LogP) is 5.23. The molecule has 3 rings (SSSR count). The van der Waals surface area contributed by atoms with Crippen molar-refractivity contribution >= 4 is 17.7 Å². The van der Waals surface area contributed by atoms with Crippen molar-refractivity contribution in [2.45, 2.75) is 24.3 Å². The average Bonchev–Trinajstić information content (AvgIpc) is 2.89. The summed E-state index contributed by atoms with van der Waals surface area (Å²) in [6, 6.07) is 8.05. The third-order valence-electron chi connectivity index (χ3n) is 4.61. The Bertz CT molecular complexity index is 855. The molecule has 150 valence electrons. The van der Waals surface area contributed by atoms with Crippen LogP contribution in [0.3, 0.4) is 0 Å². The van der Waals surface area contributed by atoms with Gasteiger partial charge in [-0.2, -0.15) is 24.9 Å². The first kappa shape index (κ1) is 20.6. The normalized spacial score (nSPS) is 18.0. The Morgan fingerprint density at radius 3 is 2.64 bits per heavy atom. The molecule has 2 nitrogen and oxygen atoms in total. The second-order valence-electron chi connectivity index (χ2n) is 6.57. The van der Waals surface area contributed by atoms with Crippen molar-refractivity contribution in [3.63, 3.8) is 0 Å². The minimum atomic E-state index is -4.46. The molecule has 2 aromatic carbocycles. The number of carbonyl (C=O) groups is 1. The van der Waals surface area contributed by atoms with Crippen LogP contribution in [0.1, 0.15) is 28.4 Å². The summed E-state index contributed by atoms with van der Waals surface area (Å²) in [7, 11) is 0. The minimum absolute atomic E-state index is 0.131. The fourth-order valence-electron chi connectivity index (χ4n) is 3.17. The zero-order chi connectivity index (χ0) is 20.3. The Labute approximate surface area is 163 Å². The van der Waals surface area contributed by atoms with Gasteiger partial charge in [0.05, 0.1) is 12.0 Å². The molecule has 1 fully saturated rings. The summed E-state index contributed by atoms with van der Waals surface area (Å²) in [6.07, 6.45) is -4.15. The van der Waals surface area contributed by atoms with Gasteiger partial charge in [-0.15, -0.1) is 0 Å². The first-order valence-electron chi connectivity index (χ1n) is 8.74. The van der Waals surface area contributed by atoms with Crippen molar-refractivity contribution in [3.8, 4) is 0 Å². The number of hydrogen-bond donors (Lipinski definition) is 0. The molecule has 0 radical (unpaired) electrons. The van der Waals surface area contributed by atoms with E-state index in [0.717, 1.165) is 24.3 Å². The van der Waals surface area contributed by atoms with Gasteiger partial charge in [0.15, 0.2) is 0 Å². The minimum Gasteiger partial charge on any atom is -0.342 e. The van der Waals surface area contributed by atoms with Gasteiger partial charge in [0.2, 0.25) is 5.91 Å². The Morgan fingerprint density at radius 2 is 1.89 bits per heavy atom. The summed E-state index contributed by atoms with van der Waals surface area (Å²) in [5, 5.41) is -0.276. The monoisotopic (exact) mass is 415 g/mol. The van der Waals surface area contributed by atoms with Crippen LogP contribution in [0.25, 0.3) is 0 Å². The lowest BCUT2D eigenvalue weighted by Gasteiger charge is -2.21. The molecule has 1 aliphatic heterocycles. The number of rotatable bonds is 3. The van der Waals surface area contributed by atoms with Crippen LogP contribution < -0.4 is 0 Å². The summed E-state index contributed by atoms with van der Waals surface area (Å²) in [5.74, 6) is -0.740. The third kappa shape index (κ3) is 5.04. The van der Waals surface area contributed by atoms with E-state index in [-0.39, 0.29) is 23.1 Å². The highest BCUT2D eigenvalue weighted by molar-refractivity contribution is 7.99. The summed E-state index contributed by atoms with van der Waals surface area (Å²) in [5.41, 5.74) is -0.215. The Kier molecular flexibility index (Phi) is 6.27. The molecule has 0 unspecified atom stereocenters. The van der Waals surface area contributed by atoms with E-state index < -0.39 is 23.4 Å². The van der Waals surface area contributed by atoms with Crippen LogP contribution in [0.2, 0.25) is 0 Å². The molecular weight excluding hydrogens is 397 g/mol. The topological polar surface area (TPSA) is 20.3 Å². The molecule has 8 heteroatoms. The van der Waals surface area contributed by atoms with Gasteiger partial charge >= 0.3 is 6.18 Å². The molecule has 0 aliphatic carbocycles. The van der Waals surface area contributed by atoms with Gasteiger partial charge in [0.1, 0.15) is 11.6 Å². The van der Waals surface area contributed by atoms with Crippen LogP contribution in [0.15, 0.2) is 42.5 Å². The van der Waals surface area contributed by atoms with E-state index in [9.17, 15) is 26.7 Å². The van der Waals surface area contributed by atoms with Crippen LogP contribution in [0, 0.1) is 11.6 Å². The Hall–Kier alpha value is -2.09. The number of hydrogen-bond acceptors (Lipinski definition) is 2. The van der Waals surface area contributed by atoms with E-state index in [2.05, 4.69) is 0 Å². The molecular formula is C20H18F5NOS. The average molecular weight is 415 g/mol. The first-order chi connectivity index (χ1) is 13.2. The van der Waals surface area contributed by atoms with Crippen molar-refractivity contribution in [1.29, 1.82) is 0 Å². The van der Waals surface area contributed by atoms with E-state index in [4.69, 9.17) is 0 Å². The van der Waals surface area contributed by atoms with Gasteiger partial charge in [-0.25, -0.2) is 8.78 Å². The highest BCUT2D eigenvalue weighted by atomic mass is 32.2. The van der Waals surface area contributed by atoms with Crippen LogP contribution in [-0.2, 0) is 17.4 Å². The molecule has 0 N–H and O–H groups in total. The molecule has 2 aromatic rings. The highest BCUT2D eigenvalue weighted by Crippen LogP contribution is 2.36. The summed E-state index contributed by atoms with van der Waals surface area (Å²) >= 11 is 1.44. The van der Waals surface area contributed by atoms with Gasteiger partial charge in [0.25, 0.3) is 0 Å². The van der Waals surface area contributed by atoms with Crippen molar-refractivity contribution in [2.24, 2.45) is 0 Å². The zero-order valence-electron chi connectivity index (χ0n) is 14.8. The fourth-order valence-corrected chi connectivity index (χ4v) is 4.42. The lowest BCUT2D eigenvalue weighted by molar-refractivity contribution is -0.138. The number of amides is 1. The Morgan fingerprint density at radius 1 is 1.11 bits per heavy atom. The lowest BCUT2D eigenvalue weighted by Crippen LogP contribution is -2.34. The molecule has 0 saturated carbocycles. The van der Waals surface area contributed by atoms with Crippen molar-refractivity contribution < 1.29 is 26.7 Å². The van der Waals surface area contributed by atoms with Crippen LogP contribution in [-0.4, -0.2) is 29.6 Å². The molecule has 28 heavy (non-hydrogen) atoms. The van der Waals surface area contributed by atoms with Gasteiger partial charge in [-0.1, -0.05) is 18.2 Å². The number of alkyl halides is 3. The van der Waals surface area contributed by atoms with Crippen molar-refractivity contribution in [1.82, 2.24) is 4.90 Å². The maximum absolute atomic E-state index is 14.0. The van der Waals surface area contributed by atoms with Crippen LogP contribution >= 0.6 is 11.8 Å². The highest BCUT2D eigenvalue weighted by Gasteiger charge is 2.31.